The van der Waals surface area contributed by atoms with Gasteiger partial charge in [0.25, 0.3) is 0 Å². The number of amides is 1. The molecule has 1 aromatic heterocycles. The van der Waals surface area contributed by atoms with E-state index in [4.69, 9.17) is 0 Å². The van der Waals surface area contributed by atoms with Crippen LogP contribution in [0, 0.1) is 24.2 Å². The van der Waals surface area contributed by atoms with E-state index in [1.807, 2.05) is 19.1 Å². The summed E-state index contributed by atoms with van der Waals surface area (Å²) in [6.07, 6.45) is 8.75. The molecule has 1 aromatic rings. The second kappa shape index (κ2) is 4.55. The van der Waals surface area contributed by atoms with Crippen LogP contribution in [0.3, 0.4) is 0 Å². The number of aromatic nitrogens is 1. The van der Waals surface area contributed by atoms with Crippen molar-refractivity contribution in [3.63, 3.8) is 0 Å². The Morgan fingerprint density at radius 3 is 2.57 bits per heavy atom. The Morgan fingerprint density at radius 2 is 2.00 bits per heavy atom. The van der Waals surface area contributed by atoms with Gasteiger partial charge in [0, 0.05) is 10.5 Å². The van der Waals surface area contributed by atoms with Crippen molar-refractivity contribution in [1.82, 2.24) is 4.98 Å². The van der Waals surface area contributed by atoms with E-state index in [1.54, 1.807) is 6.20 Å². The van der Waals surface area contributed by atoms with Gasteiger partial charge >= 0.3 is 0 Å². The molecule has 0 aliphatic heterocycles. The van der Waals surface area contributed by atoms with Gasteiger partial charge in [-0.25, -0.2) is 4.98 Å². The minimum atomic E-state index is -0.167. The third-order valence-corrected chi connectivity index (χ3v) is 6.55. The summed E-state index contributed by atoms with van der Waals surface area (Å²) < 4.78 is 0.217. The first-order chi connectivity index (χ1) is 9.96. The molecule has 4 aliphatic carbocycles. The average molecular weight is 349 g/mol. The van der Waals surface area contributed by atoms with Crippen LogP contribution >= 0.6 is 15.9 Å². The number of carbonyl (C=O) groups excluding carboxylic acids is 1. The van der Waals surface area contributed by atoms with Gasteiger partial charge in [-0.05, 0) is 68.9 Å². The molecule has 4 heteroatoms. The summed E-state index contributed by atoms with van der Waals surface area (Å²) >= 11 is 3.96. The number of aryl methyl sites for hydroxylation is 1. The zero-order chi connectivity index (χ0) is 14.7. The van der Waals surface area contributed by atoms with Crippen molar-refractivity contribution in [2.75, 3.05) is 5.32 Å². The minimum Gasteiger partial charge on any atom is -0.310 e. The van der Waals surface area contributed by atoms with Crippen LogP contribution < -0.4 is 5.32 Å². The number of carbonyl (C=O) groups is 1. The van der Waals surface area contributed by atoms with Crippen LogP contribution in [0.4, 0.5) is 5.82 Å². The molecule has 0 aromatic carbocycles. The molecule has 2 unspecified atom stereocenters. The van der Waals surface area contributed by atoms with Gasteiger partial charge < -0.3 is 5.32 Å². The summed E-state index contributed by atoms with van der Waals surface area (Å²) in [6.45, 7) is 2.01. The molecule has 4 aliphatic rings. The Labute approximate surface area is 134 Å². The summed E-state index contributed by atoms with van der Waals surface area (Å²) in [4.78, 5) is 17.2. The third-order valence-electron chi connectivity index (χ3n) is 5.62. The van der Waals surface area contributed by atoms with Crippen molar-refractivity contribution in [1.29, 1.82) is 0 Å². The highest BCUT2D eigenvalue weighted by Crippen LogP contribution is 2.64. The summed E-state index contributed by atoms with van der Waals surface area (Å²) in [6, 6.07) is 3.89. The van der Waals surface area contributed by atoms with E-state index in [0.717, 1.165) is 36.7 Å². The van der Waals surface area contributed by atoms with E-state index in [0.29, 0.717) is 5.82 Å². The number of hydrogen-bond donors (Lipinski definition) is 1. The molecule has 112 valence electrons. The molecule has 1 amide bonds. The Bertz CT molecular complexity index is 569. The van der Waals surface area contributed by atoms with Gasteiger partial charge in [-0.1, -0.05) is 22.0 Å². The van der Waals surface area contributed by atoms with Gasteiger partial charge in [0.05, 0.1) is 5.41 Å². The van der Waals surface area contributed by atoms with Crippen LogP contribution in [0.25, 0.3) is 0 Å². The van der Waals surface area contributed by atoms with Crippen molar-refractivity contribution in [2.24, 2.45) is 17.3 Å². The quantitative estimate of drug-likeness (QED) is 0.818. The fourth-order valence-electron chi connectivity index (χ4n) is 5.21. The molecule has 4 saturated carbocycles. The SMILES string of the molecule is Cc1ccc(NC(=O)C23CC4CC(CC(Br)(C4)C2)C3)nc1. The predicted molar refractivity (Wildman–Crippen MR) is 86.4 cm³/mol. The fourth-order valence-corrected chi connectivity index (χ4v) is 6.66. The number of pyridine rings is 1. The van der Waals surface area contributed by atoms with Gasteiger partial charge in [0.15, 0.2) is 0 Å². The highest BCUT2D eigenvalue weighted by molar-refractivity contribution is 9.10. The van der Waals surface area contributed by atoms with E-state index < -0.39 is 0 Å². The lowest BCUT2D eigenvalue weighted by molar-refractivity contribution is -0.138. The number of hydrogen-bond acceptors (Lipinski definition) is 2. The number of nitrogens with one attached hydrogen (secondary N) is 1. The molecule has 0 radical (unpaired) electrons. The van der Waals surface area contributed by atoms with Gasteiger partial charge in [-0.2, -0.15) is 0 Å². The van der Waals surface area contributed by atoms with Crippen molar-refractivity contribution in [3.8, 4) is 0 Å². The first kappa shape index (κ1) is 13.7. The molecule has 0 saturated heterocycles. The molecule has 5 rings (SSSR count). The minimum absolute atomic E-state index is 0.167. The highest BCUT2D eigenvalue weighted by atomic mass is 79.9. The van der Waals surface area contributed by atoms with Gasteiger partial charge in [-0.3, -0.25) is 4.79 Å². The topological polar surface area (TPSA) is 42.0 Å². The van der Waals surface area contributed by atoms with Crippen LogP contribution in [0.15, 0.2) is 18.3 Å². The molecule has 0 spiro atoms. The standard InChI is InChI=1S/C17H21BrN2O/c1-11-2-3-14(19-9-11)20-15(21)16-5-12-4-13(6-16)8-17(18,7-12)10-16/h2-3,9,12-13H,4-8,10H2,1H3,(H,19,20,21). The molecule has 21 heavy (non-hydrogen) atoms. The van der Waals surface area contributed by atoms with Crippen LogP contribution in [0.1, 0.15) is 44.1 Å². The Hall–Kier alpha value is -0.900. The number of rotatable bonds is 2. The maximum Gasteiger partial charge on any atom is 0.231 e. The lowest BCUT2D eigenvalue weighted by Gasteiger charge is -2.59. The summed E-state index contributed by atoms with van der Waals surface area (Å²) in [7, 11) is 0. The molecule has 4 bridgehead atoms. The Morgan fingerprint density at radius 1 is 1.29 bits per heavy atom. The van der Waals surface area contributed by atoms with Crippen molar-refractivity contribution in [2.45, 2.75) is 49.8 Å². The van der Waals surface area contributed by atoms with E-state index in [1.165, 1.54) is 19.3 Å². The number of anilines is 1. The first-order valence-corrected chi connectivity index (χ1v) is 8.69. The van der Waals surface area contributed by atoms with Gasteiger partial charge in [0.1, 0.15) is 5.82 Å². The third kappa shape index (κ3) is 2.32. The molecule has 1 heterocycles. The van der Waals surface area contributed by atoms with Crippen LogP contribution in [0.2, 0.25) is 0 Å². The summed E-state index contributed by atoms with van der Waals surface area (Å²) in [5, 5.41) is 3.07. The molecule has 3 nitrogen and oxygen atoms in total. The lowest BCUT2D eigenvalue weighted by atomic mass is 9.49. The van der Waals surface area contributed by atoms with E-state index in [-0.39, 0.29) is 15.6 Å². The van der Waals surface area contributed by atoms with Gasteiger partial charge in [0.2, 0.25) is 5.91 Å². The van der Waals surface area contributed by atoms with Crippen LogP contribution in [-0.2, 0) is 4.79 Å². The molecular formula is C17H21BrN2O. The first-order valence-electron chi connectivity index (χ1n) is 7.90. The second-order valence-corrected chi connectivity index (χ2v) is 9.25. The van der Waals surface area contributed by atoms with Crippen molar-refractivity contribution < 1.29 is 4.79 Å². The largest absolute Gasteiger partial charge is 0.310 e. The summed E-state index contributed by atoms with van der Waals surface area (Å²) in [5.74, 6) is 2.33. The normalized spacial score (nSPS) is 40.3. The number of alkyl halides is 1. The molecule has 4 fully saturated rings. The average Bonchev–Trinajstić information content (AvgIpc) is 2.38. The lowest BCUT2D eigenvalue weighted by Crippen LogP contribution is -2.57. The monoisotopic (exact) mass is 348 g/mol. The van der Waals surface area contributed by atoms with Gasteiger partial charge in [-0.15, -0.1) is 0 Å². The second-order valence-electron chi connectivity index (χ2n) is 7.57. The maximum atomic E-state index is 12.9. The van der Waals surface area contributed by atoms with E-state index in [2.05, 4.69) is 26.2 Å². The number of halogens is 1. The molecule has 1 N–H and O–H groups in total. The predicted octanol–water partition coefficient (Wildman–Crippen LogP) is 4.06. The number of nitrogens with zero attached hydrogens (tertiary/aromatic N) is 1. The fraction of sp³-hybridized carbons (Fsp3) is 0.647. The zero-order valence-electron chi connectivity index (χ0n) is 12.4. The highest BCUT2D eigenvalue weighted by Gasteiger charge is 2.59. The summed E-state index contributed by atoms with van der Waals surface area (Å²) in [5.41, 5.74) is 0.947. The Kier molecular flexibility index (Phi) is 2.97. The molecular weight excluding hydrogens is 328 g/mol. The Balaban J connectivity index is 1.57. The van der Waals surface area contributed by atoms with Crippen LogP contribution in [-0.4, -0.2) is 15.2 Å². The zero-order valence-corrected chi connectivity index (χ0v) is 13.9. The van der Waals surface area contributed by atoms with E-state index >= 15 is 0 Å². The van der Waals surface area contributed by atoms with E-state index in [9.17, 15) is 4.79 Å². The smallest absolute Gasteiger partial charge is 0.231 e. The van der Waals surface area contributed by atoms with Crippen molar-refractivity contribution >= 4 is 27.7 Å². The molecule has 2 atom stereocenters. The van der Waals surface area contributed by atoms with Crippen LogP contribution in [0.5, 0.6) is 0 Å². The van der Waals surface area contributed by atoms with Crippen molar-refractivity contribution in [3.05, 3.63) is 23.9 Å². The maximum absolute atomic E-state index is 12.9.